The summed E-state index contributed by atoms with van der Waals surface area (Å²) in [6, 6.07) is 10.3. The molecule has 1 aromatic rings. The van der Waals surface area contributed by atoms with Crippen LogP contribution in [0.4, 0.5) is 0 Å². The van der Waals surface area contributed by atoms with Gasteiger partial charge in [0.2, 0.25) is 0 Å². The van der Waals surface area contributed by atoms with Crippen LogP contribution < -0.4 is 0 Å². The van der Waals surface area contributed by atoms with Crippen LogP contribution in [0.25, 0.3) is 0 Å². The minimum Gasteiger partial charge on any atom is -0.462 e. The predicted octanol–water partition coefficient (Wildman–Crippen LogP) is 6.70. The predicted molar refractivity (Wildman–Crippen MR) is 131 cm³/mol. The minimum absolute atomic E-state index is 0.0191. The summed E-state index contributed by atoms with van der Waals surface area (Å²) in [6.07, 6.45) is 13.3. The quantitative estimate of drug-likeness (QED) is 0.455. The van der Waals surface area contributed by atoms with Crippen molar-refractivity contribution < 1.29 is 14.3 Å². The molecule has 0 unspecified atom stereocenters. The van der Waals surface area contributed by atoms with Gasteiger partial charge in [-0.1, -0.05) is 49.8 Å². The molecule has 33 heavy (non-hydrogen) atoms. The number of rotatable bonds is 6. The van der Waals surface area contributed by atoms with Crippen LogP contribution in [-0.4, -0.2) is 17.9 Å². The Balaban J connectivity index is 1.31. The van der Waals surface area contributed by atoms with E-state index >= 15 is 0 Å². The molecule has 1 aromatic carbocycles. The Morgan fingerprint density at radius 2 is 1.85 bits per heavy atom. The van der Waals surface area contributed by atoms with E-state index in [1.165, 1.54) is 43.2 Å². The maximum atomic E-state index is 12.9. The number of allylic oxidation sites excluding steroid dienone is 1. The van der Waals surface area contributed by atoms with Crippen molar-refractivity contribution in [2.45, 2.75) is 90.6 Å². The molecule has 0 aromatic heterocycles. The topological polar surface area (TPSA) is 43.4 Å². The van der Waals surface area contributed by atoms with Crippen molar-refractivity contribution in [1.29, 1.82) is 0 Å². The van der Waals surface area contributed by atoms with Crippen LogP contribution in [0.3, 0.4) is 0 Å². The minimum atomic E-state index is -0.0191. The third kappa shape index (κ3) is 4.45. The van der Waals surface area contributed by atoms with Gasteiger partial charge in [-0.25, -0.2) is 0 Å². The van der Waals surface area contributed by atoms with Crippen LogP contribution in [0.1, 0.15) is 83.6 Å². The number of hydrogen-bond acceptors (Lipinski definition) is 3. The average molecular weight is 449 g/mol. The van der Waals surface area contributed by atoms with Crippen molar-refractivity contribution in [1.82, 2.24) is 0 Å². The van der Waals surface area contributed by atoms with E-state index in [0.29, 0.717) is 30.0 Å². The Bertz CT molecular complexity index is 900. The van der Waals surface area contributed by atoms with Gasteiger partial charge >= 0.3 is 5.97 Å². The fourth-order valence-corrected chi connectivity index (χ4v) is 8.37. The Morgan fingerprint density at radius 3 is 2.64 bits per heavy atom. The maximum absolute atomic E-state index is 12.9. The van der Waals surface area contributed by atoms with Crippen molar-refractivity contribution in [2.24, 2.45) is 35.0 Å². The summed E-state index contributed by atoms with van der Waals surface area (Å²) in [6.45, 7) is 4.66. The molecule has 0 N–H and O–H groups in total. The van der Waals surface area contributed by atoms with E-state index in [2.05, 4.69) is 26.0 Å². The normalized spacial score (nSPS) is 35.4. The number of esters is 1. The number of fused-ring (bicyclic) bond motifs is 5. The highest BCUT2D eigenvalue weighted by molar-refractivity contribution is 5.91. The van der Waals surface area contributed by atoms with Gasteiger partial charge in [-0.15, -0.1) is 0 Å². The fraction of sp³-hybridized carbons (Fsp3) is 0.667. The van der Waals surface area contributed by atoms with E-state index in [4.69, 9.17) is 4.74 Å². The second kappa shape index (κ2) is 9.39. The molecule has 0 saturated heterocycles. The van der Waals surface area contributed by atoms with E-state index in [0.717, 1.165) is 43.9 Å². The van der Waals surface area contributed by atoms with Crippen molar-refractivity contribution in [3.8, 4) is 0 Å². The van der Waals surface area contributed by atoms with Crippen molar-refractivity contribution in [3.63, 3.8) is 0 Å². The second-order valence-electron chi connectivity index (χ2n) is 11.7. The molecule has 0 amide bonds. The molecule has 0 heterocycles. The summed E-state index contributed by atoms with van der Waals surface area (Å²) in [7, 11) is 0. The molecule has 0 aliphatic heterocycles. The average Bonchev–Trinajstić information content (AvgIpc) is 3.15. The molecule has 0 spiro atoms. The SMILES string of the molecule is CC(C)C[C@]12CC[C@H]3[C@@H](CCC4=CC(=O)CC[C@@H]43)[C@@H]1CC[C@@H]2OC(=O)CCc1ccccc1. The highest BCUT2D eigenvalue weighted by atomic mass is 16.5. The van der Waals surface area contributed by atoms with Crippen molar-refractivity contribution >= 4 is 11.8 Å². The van der Waals surface area contributed by atoms with E-state index in [-0.39, 0.29) is 17.5 Å². The molecule has 0 radical (unpaired) electrons. The van der Waals surface area contributed by atoms with Gasteiger partial charge in [0.25, 0.3) is 0 Å². The number of ether oxygens (including phenoxy) is 1. The first kappa shape index (κ1) is 22.9. The third-order valence-corrected chi connectivity index (χ3v) is 9.46. The Hall–Kier alpha value is -1.90. The van der Waals surface area contributed by atoms with Crippen molar-refractivity contribution in [2.75, 3.05) is 0 Å². The van der Waals surface area contributed by atoms with Crippen LogP contribution in [0, 0.1) is 35.0 Å². The summed E-state index contributed by atoms with van der Waals surface area (Å²) >= 11 is 0. The summed E-state index contributed by atoms with van der Waals surface area (Å²) in [5.74, 6) is 3.70. The van der Waals surface area contributed by atoms with Gasteiger partial charge < -0.3 is 4.74 Å². The number of aryl methyl sites for hydroxylation is 1. The fourth-order valence-electron chi connectivity index (χ4n) is 8.37. The first-order chi connectivity index (χ1) is 16.0. The van der Waals surface area contributed by atoms with Crippen LogP contribution in [-0.2, 0) is 20.7 Å². The van der Waals surface area contributed by atoms with Gasteiger partial charge in [0.05, 0.1) is 0 Å². The first-order valence-corrected chi connectivity index (χ1v) is 13.4. The Kier molecular flexibility index (Phi) is 6.51. The number of benzene rings is 1. The Morgan fingerprint density at radius 1 is 1.03 bits per heavy atom. The van der Waals surface area contributed by atoms with Gasteiger partial charge in [-0.3, -0.25) is 9.59 Å². The van der Waals surface area contributed by atoms with Gasteiger partial charge in [-0.05, 0) is 99.0 Å². The van der Waals surface area contributed by atoms with Gasteiger partial charge in [0.1, 0.15) is 6.10 Å². The zero-order valence-electron chi connectivity index (χ0n) is 20.4. The zero-order valence-corrected chi connectivity index (χ0v) is 20.4. The molecule has 3 heteroatoms. The highest BCUT2D eigenvalue weighted by Gasteiger charge is 2.59. The molecule has 4 aliphatic carbocycles. The molecular formula is C30H40O3. The maximum Gasteiger partial charge on any atom is 0.306 e. The van der Waals surface area contributed by atoms with E-state index < -0.39 is 0 Å². The molecule has 4 aliphatic rings. The van der Waals surface area contributed by atoms with Gasteiger partial charge in [-0.2, -0.15) is 0 Å². The van der Waals surface area contributed by atoms with Crippen LogP contribution in [0.5, 0.6) is 0 Å². The lowest BCUT2D eigenvalue weighted by Gasteiger charge is -2.55. The molecular weight excluding hydrogens is 408 g/mol. The van der Waals surface area contributed by atoms with E-state index in [1.807, 2.05) is 24.3 Å². The largest absolute Gasteiger partial charge is 0.462 e. The smallest absolute Gasteiger partial charge is 0.306 e. The Labute approximate surface area is 199 Å². The van der Waals surface area contributed by atoms with Crippen LogP contribution in [0.15, 0.2) is 42.0 Å². The number of ketones is 1. The lowest BCUT2D eigenvalue weighted by Crippen LogP contribution is -2.50. The van der Waals surface area contributed by atoms with E-state index in [9.17, 15) is 9.59 Å². The summed E-state index contributed by atoms with van der Waals surface area (Å²) in [4.78, 5) is 24.9. The molecule has 3 nitrogen and oxygen atoms in total. The second-order valence-corrected chi connectivity index (χ2v) is 11.7. The summed E-state index contributed by atoms with van der Waals surface area (Å²) in [5.41, 5.74) is 2.81. The highest BCUT2D eigenvalue weighted by Crippen LogP contribution is 2.64. The van der Waals surface area contributed by atoms with Crippen LogP contribution in [0.2, 0.25) is 0 Å². The lowest BCUT2D eigenvalue weighted by atomic mass is 9.50. The van der Waals surface area contributed by atoms with Crippen LogP contribution >= 0.6 is 0 Å². The van der Waals surface area contributed by atoms with Gasteiger partial charge in [0, 0.05) is 18.3 Å². The molecule has 178 valence electrons. The van der Waals surface area contributed by atoms with Crippen molar-refractivity contribution in [3.05, 3.63) is 47.5 Å². The molecule has 3 fully saturated rings. The third-order valence-electron chi connectivity index (χ3n) is 9.46. The number of carbonyl (C=O) groups excluding carboxylic acids is 2. The monoisotopic (exact) mass is 448 g/mol. The zero-order chi connectivity index (χ0) is 23.0. The molecule has 3 saturated carbocycles. The van der Waals surface area contributed by atoms with Gasteiger partial charge in [0.15, 0.2) is 5.78 Å². The lowest BCUT2D eigenvalue weighted by molar-refractivity contribution is -0.162. The standard InChI is InChI=1S/C30H40O3/c1-20(2)19-30-17-16-25-24-12-10-23(31)18-22(24)9-11-26(25)27(30)13-14-28(30)33-29(32)15-8-21-6-4-3-5-7-21/h3-7,18,20,24-28H,8-17,19H2,1-2H3/t24-,25+,26+,27-,28-,30+/m0/s1. The molecule has 5 rings (SSSR count). The summed E-state index contributed by atoms with van der Waals surface area (Å²) < 4.78 is 6.31. The molecule has 6 atom stereocenters. The summed E-state index contributed by atoms with van der Waals surface area (Å²) in [5, 5.41) is 0. The number of carbonyl (C=O) groups is 2. The first-order valence-electron chi connectivity index (χ1n) is 13.4. The number of hydrogen-bond donors (Lipinski definition) is 0. The molecule has 0 bridgehead atoms. The van der Waals surface area contributed by atoms with E-state index in [1.54, 1.807) is 0 Å².